The fraction of sp³-hybridized carbons (Fsp3) is 0.500. The second-order valence-electron chi connectivity index (χ2n) is 4.89. The number of nitrogens with zero attached hydrogens (tertiary/aromatic N) is 2. The van der Waals surface area contributed by atoms with E-state index >= 15 is 0 Å². The van der Waals surface area contributed by atoms with Crippen molar-refractivity contribution in [2.45, 2.75) is 42.6 Å². The minimum atomic E-state index is 0.0140. The highest BCUT2D eigenvalue weighted by molar-refractivity contribution is 8.01. The van der Waals surface area contributed by atoms with Crippen LogP contribution in [0.1, 0.15) is 44.6 Å². The lowest BCUT2D eigenvalue weighted by Gasteiger charge is -2.13. The standard InChI is InChI=1S/C12H16N2OS2/c1-8(17-10-6-13-7-16-10)11-14-5-9(15-11)12(2,3)4/h5-8H,1-4H3. The Labute approximate surface area is 110 Å². The molecule has 0 aromatic carbocycles. The minimum Gasteiger partial charge on any atom is -0.444 e. The van der Waals surface area contributed by atoms with E-state index in [2.05, 4.69) is 37.7 Å². The molecular weight excluding hydrogens is 252 g/mol. The molecule has 1 unspecified atom stereocenters. The van der Waals surface area contributed by atoms with E-state index in [1.807, 2.05) is 17.9 Å². The highest BCUT2D eigenvalue weighted by Gasteiger charge is 2.21. The zero-order chi connectivity index (χ0) is 12.5. The second-order valence-corrected chi connectivity index (χ2v) is 7.42. The molecular formula is C12H16N2OS2. The Kier molecular flexibility index (Phi) is 3.58. The molecule has 92 valence electrons. The van der Waals surface area contributed by atoms with Crippen molar-refractivity contribution in [1.29, 1.82) is 0 Å². The lowest BCUT2D eigenvalue weighted by molar-refractivity contribution is 0.383. The van der Waals surface area contributed by atoms with Crippen LogP contribution in [0.5, 0.6) is 0 Å². The third-order valence-corrected chi connectivity index (χ3v) is 4.35. The largest absolute Gasteiger partial charge is 0.444 e. The topological polar surface area (TPSA) is 38.9 Å². The SMILES string of the molecule is CC(Sc1cncs1)c1ncc(C(C)(C)C)o1. The number of thiazole rings is 1. The summed E-state index contributed by atoms with van der Waals surface area (Å²) in [5, 5.41) is 0.214. The third-order valence-electron chi connectivity index (χ3n) is 2.31. The lowest BCUT2D eigenvalue weighted by atomic mass is 9.94. The van der Waals surface area contributed by atoms with Crippen molar-refractivity contribution in [3.63, 3.8) is 0 Å². The summed E-state index contributed by atoms with van der Waals surface area (Å²) in [4.78, 5) is 8.42. The van der Waals surface area contributed by atoms with Gasteiger partial charge in [-0.05, 0) is 6.92 Å². The first kappa shape index (κ1) is 12.6. The molecule has 2 rings (SSSR count). The van der Waals surface area contributed by atoms with Gasteiger partial charge in [-0.2, -0.15) is 0 Å². The van der Waals surface area contributed by atoms with Gasteiger partial charge in [-0.25, -0.2) is 4.98 Å². The molecule has 0 bridgehead atoms. The van der Waals surface area contributed by atoms with Gasteiger partial charge in [0.15, 0.2) is 0 Å². The van der Waals surface area contributed by atoms with E-state index in [1.54, 1.807) is 23.1 Å². The molecule has 0 aliphatic heterocycles. The Morgan fingerprint density at radius 2 is 2.12 bits per heavy atom. The number of thioether (sulfide) groups is 1. The summed E-state index contributed by atoms with van der Waals surface area (Å²) in [6, 6.07) is 0. The van der Waals surface area contributed by atoms with Gasteiger partial charge in [0.2, 0.25) is 5.89 Å². The minimum absolute atomic E-state index is 0.0140. The molecule has 2 aromatic rings. The summed E-state index contributed by atoms with van der Waals surface area (Å²) in [5.74, 6) is 1.72. The molecule has 5 heteroatoms. The molecule has 0 spiro atoms. The van der Waals surface area contributed by atoms with Crippen molar-refractivity contribution in [1.82, 2.24) is 9.97 Å². The molecule has 0 amide bonds. The molecule has 17 heavy (non-hydrogen) atoms. The smallest absolute Gasteiger partial charge is 0.207 e. The first-order chi connectivity index (χ1) is 7.97. The molecule has 0 aliphatic carbocycles. The molecule has 2 heterocycles. The lowest BCUT2D eigenvalue weighted by Crippen LogP contribution is -2.09. The van der Waals surface area contributed by atoms with Gasteiger partial charge in [-0.1, -0.05) is 20.8 Å². The van der Waals surface area contributed by atoms with Crippen LogP contribution in [-0.2, 0) is 5.41 Å². The summed E-state index contributed by atoms with van der Waals surface area (Å²) in [5.41, 5.74) is 1.85. The van der Waals surface area contributed by atoms with Crippen LogP contribution < -0.4 is 0 Å². The number of hydrogen-bond donors (Lipinski definition) is 0. The average Bonchev–Trinajstić information content (AvgIpc) is 2.85. The third kappa shape index (κ3) is 3.10. The highest BCUT2D eigenvalue weighted by Crippen LogP contribution is 2.37. The Morgan fingerprint density at radius 1 is 1.35 bits per heavy atom. The molecule has 0 saturated carbocycles. The number of oxazole rings is 1. The second kappa shape index (κ2) is 4.82. The van der Waals surface area contributed by atoms with E-state index in [0.717, 1.165) is 11.7 Å². The molecule has 1 atom stereocenters. The molecule has 0 aliphatic rings. The summed E-state index contributed by atoms with van der Waals surface area (Å²) in [6.45, 7) is 8.47. The van der Waals surface area contributed by atoms with Gasteiger partial charge >= 0.3 is 0 Å². The monoisotopic (exact) mass is 268 g/mol. The van der Waals surface area contributed by atoms with Gasteiger partial charge < -0.3 is 4.42 Å². The van der Waals surface area contributed by atoms with Gasteiger partial charge in [0.05, 0.1) is 27.4 Å². The predicted molar refractivity (Wildman–Crippen MR) is 71.6 cm³/mol. The van der Waals surface area contributed by atoms with E-state index in [-0.39, 0.29) is 10.7 Å². The molecule has 0 fully saturated rings. The van der Waals surface area contributed by atoms with Crippen molar-refractivity contribution in [2.24, 2.45) is 0 Å². The van der Waals surface area contributed by atoms with Crippen LogP contribution in [-0.4, -0.2) is 9.97 Å². The summed E-state index contributed by atoms with van der Waals surface area (Å²) < 4.78 is 7.00. The van der Waals surface area contributed by atoms with Crippen LogP contribution >= 0.6 is 23.1 Å². The van der Waals surface area contributed by atoms with Crippen molar-refractivity contribution < 1.29 is 4.42 Å². The van der Waals surface area contributed by atoms with Crippen LogP contribution in [0, 0.1) is 0 Å². The van der Waals surface area contributed by atoms with Crippen LogP contribution in [0.2, 0.25) is 0 Å². The molecule has 0 radical (unpaired) electrons. The van der Waals surface area contributed by atoms with E-state index in [0.29, 0.717) is 0 Å². The Bertz CT molecular complexity index is 471. The van der Waals surface area contributed by atoms with Gasteiger partial charge in [-0.3, -0.25) is 4.98 Å². The average molecular weight is 268 g/mol. The Hall–Kier alpha value is -0.810. The fourth-order valence-electron chi connectivity index (χ4n) is 1.31. The van der Waals surface area contributed by atoms with E-state index in [9.17, 15) is 0 Å². The maximum atomic E-state index is 5.81. The Balaban J connectivity index is 2.10. The van der Waals surface area contributed by atoms with Crippen molar-refractivity contribution in [3.8, 4) is 0 Å². The summed E-state index contributed by atoms with van der Waals surface area (Å²) in [7, 11) is 0. The maximum absolute atomic E-state index is 5.81. The van der Waals surface area contributed by atoms with Crippen LogP contribution in [0.3, 0.4) is 0 Å². The first-order valence-corrected chi connectivity index (χ1v) is 7.24. The van der Waals surface area contributed by atoms with Gasteiger partial charge in [0.1, 0.15) is 5.76 Å². The van der Waals surface area contributed by atoms with Crippen LogP contribution in [0.4, 0.5) is 0 Å². The zero-order valence-electron chi connectivity index (χ0n) is 10.4. The molecule has 0 N–H and O–H groups in total. The normalized spacial score (nSPS) is 13.9. The number of aromatic nitrogens is 2. The summed E-state index contributed by atoms with van der Waals surface area (Å²) >= 11 is 3.37. The van der Waals surface area contributed by atoms with E-state index in [1.165, 1.54) is 4.21 Å². The fourth-order valence-corrected chi connectivity index (χ4v) is 3.12. The molecule has 3 nitrogen and oxygen atoms in total. The summed E-state index contributed by atoms with van der Waals surface area (Å²) in [6.07, 6.45) is 3.71. The van der Waals surface area contributed by atoms with E-state index in [4.69, 9.17) is 4.42 Å². The van der Waals surface area contributed by atoms with Crippen LogP contribution in [0.25, 0.3) is 0 Å². The number of hydrogen-bond acceptors (Lipinski definition) is 5. The van der Waals surface area contributed by atoms with Crippen molar-refractivity contribution >= 4 is 23.1 Å². The van der Waals surface area contributed by atoms with Gasteiger partial charge in [0, 0.05) is 5.41 Å². The van der Waals surface area contributed by atoms with Crippen LogP contribution in [0.15, 0.2) is 26.5 Å². The quantitative estimate of drug-likeness (QED) is 0.779. The molecule has 0 saturated heterocycles. The zero-order valence-corrected chi connectivity index (χ0v) is 12.1. The highest BCUT2D eigenvalue weighted by atomic mass is 32.2. The maximum Gasteiger partial charge on any atom is 0.207 e. The molecule has 2 aromatic heterocycles. The first-order valence-electron chi connectivity index (χ1n) is 5.48. The number of rotatable bonds is 3. The Morgan fingerprint density at radius 3 is 2.65 bits per heavy atom. The van der Waals surface area contributed by atoms with Crippen molar-refractivity contribution in [3.05, 3.63) is 29.6 Å². The predicted octanol–water partition coefficient (Wildman–Crippen LogP) is 4.28. The van der Waals surface area contributed by atoms with Crippen molar-refractivity contribution in [2.75, 3.05) is 0 Å². The van der Waals surface area contributed by atoms with Gasteiger partial charge in [0.25, 0.3) is 0 Å². The van der Waals surface area contributed by atoms with E-state index < -0.39 is 0 Å². The van der Waals surface area contributed by atoms with Gasteiger partial charge in [-0.15, -0.1) is 23.1 Å².